The topological polar surface area (TPSA) is 67.2 Å². The number of amides is 2. The molecule has 0 saturated carbocycles. The van der Waals surface area contributed by atoms with Crippen LogP contribution in [0.5, 0.6) is 0 Å². The molecule has 2 amide bonds. The molecule has 1 aliphatic heterocycles. The van der Waals surface area contributed by atoms with Gasteiger partial charge in [0.05, 0.1) is 5.92 Å². The molecule has 6 nitrogen and oxygen atoms in total. The summed E-state index contributed by atoms with van der Waals surface area (Å²) in [7, 11) is 3.46. The monoisotopic (exact) mass is 330 g/mol. The van der Waals surface area contributed by atoms with E-state index >= 15 is 0 Å². The first-order valence-electron chi connectivity index (χ1n) is 7.73. The summed E-state index contributed by atoms with van der Waals surface area (Å²) >= 11 is 0. The number of nitrogens with zero attached hydrogens (tertiary/aromatic N) is 3. The Morgan fingerprint density at radius 3 is 2.71 bits per heavy atom. The van der Waals surface area contributed by atoms with Crippen molar-refractivity contribution in [2.75, 3.05) is 13.6 Å². The fourth-order valence-corrected chi connectivity index (χ4v) is 2.95. The van der Waals surface area contributed by atoms with Gasteiger partial charge in [-0.15, -0.1) is 0 Å². The Morgan fingerprint density at radius 2 is 2.12 bits per heavy atom. The number of hydrogen-bond acceptors (Lipinski definition) is 3. The molecule has 1 aromatic carbocycles. The van der Waals surface area contributed by atoms with Crippen molar-refractivity contribution in [3.05, 3.63) is 53.9 Å². The van der Waals surface area contributed by atoms with Gasteiger partial charge in [-0.25, -0.2) is 9.37 Å². The summed E-state index contributed by atoms with van der Waals surface area (Å²) in [5, 5.41) is 2.86. The number of carbonyl (C=O) groups is 2. The van der Waals surface area contributed by atoms with Gasteiger partial charge < -0.3 is 14.8 Å². The molecule has 2 atom stereocenters. The van der Waals surface area contributed by atoms with Crippen molar-refractivity contribution >= 4 is 11.8 Å². The number of carbonyl (C=O) groups excluding carboxylic acids is 2. The first-order chi connectivity index (χ1) is 11.5. The number of aryl methyl sites for hydroxylation is 1. The van der Waals surface area contributed by atoms with Crippen molar-refractivity contribution in [3.8, 4) is 0 Å². The number of likely N-dealkylation sites (tertiary alicyclic amines) is 1. The second kappa shape index (κ2) is 6.43. The molecule has 2 aromatic rings. The highest BCUT2D eigenvalue weighted by Crippen LogP contribution is 2.25. The minimum absolute atomic E-state index is 0.0606. The van der Waals surface area contributed by atoms with Crippen molar-refractivity contribution in [1.29, 1.82) is 0 Å². The van der Waals surface area contributed by atoms with Crippen LogP contribution in [-0.4, -0.2) is 39.9 Å². The van der Waals surface area contributed by atoms with E-state index in [-0.39, 0.29) is 18.2 Å². The summed E-state index contributed by atoms with van der Waals surface area (Å²) in [6, 6.07) is 5.58. The van der Waals surface area contributed by atoms with Crippen LogP contribution in [0.1, 0.15) is 23.9 Å². The molecule has 7 heteroatoms. The lowest BCUT2D eigenvalue weighted by Crippen LogP contribution is -2.37. The van der Waals surface area contributed by atoms with E-state index in [2.05, 4.69) is 10.3 Å². The third kappa shape index (κ3) is 3.02. The molecular weight excluding hydrogens is 311 g/mol. The minimum atomic E-state index is -0.709. The summed E-state index contributed by atoms with van der Waals surface area (Å²) in [4.78, 5) is 30.0. The molecule has 0 radical (unpaired) electrons. The largest absolute Gasteiger partial charge is 0.345 e. The van der Waals surface area contributed by atoms with E-state index in [1.165, 1.54) is 11.0 Å². The summed E-state index contributed by atoms with van der Waals surface area (Å²) in [6.07, 6.45) is 3.51. The van der Waals surface area contributed by atoms with Crippen molar-refractivity contribution in [2.45, 2.75) is 12.5 Å². The Bertz CT molecular complexity index is 773. The van der Waals surface area contributed by atoms with Crippen LogP contribution >= 0.6 is 0 Å². The van der Waals surface area contributed by atoms with Gasteiger partial charge >= 0.3 is 0 Å². The molecular formula is C17H19FN4O2. The predicted octanol–water partition coefficient (Wildman–Crippen LogP) is 1.24. The van der Waals surface area contributed by atoms with Gasteiger partial charge in [0.2, 0.25) is 11.8 Å². The molecule has 0 unspecified atom stereocenters. The first kappa shape index (κ1) is 16.2. The van der Waals surface area contributed by atoms with E-state index in [1.807, 2.05) is 0 Å². The molecule has 3 rings (SSSR count). The van der Waals surface area contributed by atoms with Gasteiger partial charge in [0, 0.05) is 45.0 Å². The number of nitrogens with one attached hydrogen (secondary N) is 1. The van der Waals surface area contributed by atoms with Crippen LogP contribution in [0.4, 0.5) is 4.39 Å². The van der Waals surface area contributed by atoms with Gasteiger partial charge in [-0.05, 0) is 6.07 Å². The van der Waals surface area contributed by atoms with Gasteiger partial charge in [-0.3, -0.25) is 9.59 Å². The molecule has 1 aromatic heterocycles. The standard InChI is InChI=1S/C17H19FN4O2/c1-21-8-7-19-16(21)15(12-5-3-4-6-13(12)18)20-17(24)11-9-14(23)22(2)10-11/h3-8,11,15H,9-10H2,1-2H3,(H,20,24)/t11-,15+/m1/s1. The van der Waals surface area contributed by atoms with Gasteiger partial charge in [-0.1, -0.05) is 18.2 Å². The maximum Gasteiger partial charge on any atom is 0.226 e. The fraction of sp³-hybridized carbons (Fsp3) is 0.353. The Kier molecular flexibility index (Phi) is 4.33. The van der Waals surface area contributed by atoms with Crippen LogP contribution in [0.25, 0.3) is 0 Å². The molecule has 126 valence electrons. The minimum Gasteiger partial charge on any atom is -0.345 e. The molecule has 24 heavy (non-hydrogen) atoms. The van der Waals surface area contributed by atoms with Crippen LogP contribution in [0.2, 0.25) is 0 Å². The summed E-state index contributed by atoms with van der Waals surface area (Å²) < 4.78 is 16.0. The molecule has 2 heterocycles. The number of halogens is 1. The average molecular weight is 330 g/mol. The molecule has 0 bridgehead atoms. The maximum atomic E-state index is 14.3. The second-order valence-electron chi connectivity index (χ2n) is 6.03. The highest BCUT2D eigenvalue weighted by atomic mass is 19.1. The Hall–Kier alpha value is -2.70. The van der Waals surface area contributed by atoms with E-state index in [0.717, 1.165) is 0 Å². The quantitative estimate of drug-likeness (QED) is 0.917. The Labute approximate surface area is 139 Å². The zero-order chi connectivity index (χ0) is 17.3. The lowest BCUT2D eigenvalue weighted by Gasteiger charge is -2.21. The zero-order valence-electron chi connectivity index (χ0n) is 13.6. The van der Waals surface area contributed by atoms with Crippen molar-refractivity contribution in [1.82, 2.24) is 19.8 Å². The van der Waals surface area contributed by atoms with Crippen molar-refractivity contribution in [2.24, 2.45) is 13.0 Å². The average Bonchev–Trinajstić information content (AvgIpc) is 3.12. The van der Waals surface area contributed by atoms with Crippen molar-refractivity contribution < 1.29 is 14.0 Å². The lowest BCUT2D eigenvalue weighted by molar-refractivity contribution is -0.128. The third-order valence-corrected chi connectivity index (χ3v) is 4.33. The third-order valence-electron chi connectivity index (χ3n) is 4.33. The van der Waals surface area contributed by atoms with E-state index < -0.39 is 17.8 Å². The number of aromatic nitrogens is 2. The zero-order valence-corrected chi connectivity index (χ0v) is 13.6. The molecule has 1 aliphatic rings. The number of benzene rings is 1. The highest BCUT2D eigenvalue weighted by molar-refractivity contribution is 5.89. The summed E-state index contributed by atoms with van der Waals surface area (Å²) in [5.74, 6) is -0.646. The van der Waals surface area contributed by atoms with Gasteiger partial charge in [-0.2, -0.15) is 0 Å². The lowest BCUT2D eigenvalue weighted by atomic mass is 10.0. The van der Waals surface area contributed by atoms with E-state index in [9.17, 15) is 14.0 Å². The van der Waals surface area contributed by atoms with E-state index in [4.69, 9.17) is 0 Å². The highest BCUT2D eigenvalue weighted by Gasteiger charge is 2.34. The molecule has 0 aliphatic carbocycles. The molecule has 1 fully saturated rings. The summed E-state index contributed by atoms with van der Waals surface area (Å²) in [5.41, 5.74) is 0.345. The number of imidazole rings is 1. The predicted molar refractivity (Wildman–Crippen MR) is 85.3 cm³/mol. The number of hydrogen-bond donors (Lipinski definition) is 1. The van der Waals surface area contributed by atoms with Crippen LogP contribution in [0.3, 0.4) is 0 Å². The van der Waals surface area contributed by atoms with E-state index in [1.54, 1.807) is 49.3 Å². The number of rotatable bonds is 4. The first-order valence-corrected chi connectivity index (χ1v) is 7.73. The van der Waals surface area contributed by atoms with Gasteiger partial charge in [0.25, 0.3) is 0 Å². The smallest absolute Gasteiger partial charge is 0.226 e. The molecule has 1 N–H and O–H groups in total. The van der Waals surface area contributed by atoms with Gasteiger partial charge in [0.1, 0.15) is 17.7 Å². The summed E-state index contributed by atoms with van der Waals surface area (Å²) in [6.45, 7) is 0.370. The van der Waals surface area contributed by atoms with E-state index in [0.29, 0.717) is 17.9 Å². The second-order valence-corrected chi connectivity index (χ2v) is 6.03. The van der Waals surface area contributed by atoms with Crippen LogP contribution in [-0.2, 0) is 16.6 Å². The van der Waals surface area contributed by atoms with Crippen LogP contribution in [0, 0.1) is 11.7 Å². The SMILES string of the molecule is CN1C[C@H](C(=O)N[C@@H](c2ccccc2F)c2nccn2C)CC1=O. The van der Waals surface area contributed by atoms with Crippen LogP contribution in [0.15, 0.2) is 36.7 Å². The molecule has 1 saturated heterocycles. The molecule has 0 spiro atoms. The fourth-order valence-electron chi connectivity index (χ4n) is 2.95. The normalized spacial score (nSPS) is 18.7. The van der Waals surface area contributed by atoms with Crippen LogP contribution < -0.4 is 5.32 Å². The van der Waals surface area contributed by atoms with Crippen molar-refractivity contribution in [3.63, 3.8) is 0 Å². The van der Waals surface area contributed by atoms with Gasteiger partial charge in [0.15, 0.2) is 0 Å². The Morgan fingerprint density at radius 1 is 1.38 bits per heavy atom. The Balaban J connectivity index is 1.89. The maximum absolute atomic E-state index is 14.3.